The summed E-state index contributed by atoms with van der Waals surface area (Å²) >= 11 is 0. The van der Waals surface area contributed by atoms with Gasteiger partial charge in [-0.15, -0.1) is 0 Å². The Hall–Kier alpha value is -1.31. The number of hydrogen-bond donors (Lipinski definition) is 0. The van der Waals surface area contributed by atoms with Gasteiger partial charge in [-0.25, -0.2) is 0 Å². The molecule has 0 atom stereocenters. The highest BCUT2D eigenvalue weighted by atomic mass is 16.2. The smallest absolute Gasteiger partial charge is 0.254 e. The molecule has 2 heteroatoms. The van der Waals surface area contributed by atoms with Gasteiger partial charge in [0.15, 0.2) is 0 Å². The molecule has 0 N–H and O–H groups in total. The van der Waals surface area contributed by atoms with E-state index in [4.69, 9.17) is 0 Å². The van der Waals surface area contributed by atoms with Gasteiger partial charge in [0.1, 0.15) is 0 Å². The quantitative estimate of drug-likeness (QED) is 0.738. The average Bonchev–Trinajstić information content (AvgIpc) is 2.27. The Morgan fingerprint density at radius 1 is 1.00 bits per heavy atom. The van der Waals surface area contributed by atoms with Crippen LogP contribution in [0.25, 0.3) is 0 Å². The highest BCUT2D eigenvalue weighted by molar-refractivity contribution is 5.95. The van der Waals surface area contributed by atoms with E-state index in [0.717, 1.165) is 37.1 Å². The zero-order valence-electron chi connectivity index (χ0n) is 11.5. The highest BCUT2D eigenvalue weighted by Crippen LogP contribution is 2.16. The van der Waals surface area contributed by atoms with Gasteiger partial charge in [-0.3, -0.25) is 4.79 Å². The van der Waals surface area contributed by atoms with Gasteiger partial charge in [0.05, 0.1) is 0 Å². The minimum atomic E-state index is 0.217. The van der Waals surface area contributed by atoms with Crippen molar-refractivity contribution in [2.75, 3.05) is 13.1 Å². The van der Waals surface area contributed by atoms with E-state index in [1.165, 1.54) is 24.8 Å². The van der Waals surface area contributed by atoms with Crippen LogP contribution in [0, 0.1) is 13.8 Å². The number of carbonyl (C=O) groups excluding carboxylic acids is 1. The topological polar surface area (TPSA) is 20.3 Å². The van der Waals surface area contributed by atoms with E-state index in [0.29, 0.717) is 0 Å². The normalized spacial score (nSPS) is 17.1. The molecule has 18 heavy (non-hydrogen) atoms. The molecular weight excluding hydrogens is 222 g/mol. The average molecular weight is 245 g/mol. The summed E-state index contributed by atoms with van der Waals surface area (Å²) in [6.45, 7) is 5.94. The van der Waals surface area contributed by atoms with Crippen LogP contribution in [-0.2, 0) is 0 Å². The lowest BCUT2D eigenvalue weighted by Crippen LogP contribution is -2.34. The van der Waals surface area contributed by atoms with Crippen molar-refractivity contribution in [3.8, 4) is 0 Å². The lowest BCUT2D eigenvalue weighted by Gasteiger charge is -2.25. The second-order valence-corrected chi connectivity index (χ2v) is 5.38. The van der Waals surface area contributed by atoms with Gasteiger partial charge in [-0.1, -0.05) is 37.0 Å². The van der Waals surface area contributed by atoms with E-state index < -0.39 is 0 Å². The van der Waals surface area contributed by atoms with E-state index >= 15 is 0 Å². The second kappa shape index (κ2) is 6.03. The third-order valence-corrected chi connectivity index (χ3v) is 3.76. The summed E-state index contributed by atoms with van der Waals surface area (Å²) in [5, 5.41) is 0. The number of benzene rings is 1. The Labute approximate surface area is 110 Å². The molecule has 1 aromatic rings. The minimum Gasteiger partial charge on any atom is -0.339 e. The van der Waals surface area contributed by atoms with Crippen molar-refractivity contribution in [2.45, 2.75) is 46.0 Å². The maximum Gasteiger partial charge on any atom is 0.254 e. The fourth-order valence-electron chi connectivity index (χ4n) is 2.67. The Morgan fingerprint density at radius 3 is 2.22 bits per heavy atom. The van der Waals surface area contributed by atoms with Crippen molar-refractivity contribution < 1.29 is 4.79 Å². The molecule has 1 amide bonds. The fraction of sp³-hybridized carbons (Fsp3) is 0.562. The standard InChI is InChI=1S/C16H23NO/c1-13-8-9-15(14(2)12-13)16(18)17-10-6-4-3-5-7-11-17/h8-9,12H,3-7,10-11H2,1-2H3. The van der Waals surface area contributed by atoms with Gasteiger partial charge >= 0.3 is 0 Å². The summed E-state index contributed by atoms with van der Waals surface area (Å²) in [6, 6.07) is 6.10. The van der Waals surface area contributed by atoms with Crippen LogP contribution < -0.4 is 0 Å². The lowest BCUT2D eigenvalue weighted by atomic mass is 10.0. The molecule has 98 valence electrons. The van der Waals surface area contributed by atoms with E-state index in [2.05, 4.69) is 13.0 Å². The van der Waals surface area contributed by atoms with Gasteiger partial charge in [0.2, 0.25) is 0 Å². The molecule has 1 heterocycles. The summed E-state index contributed by atoms with van der Waals surface area (Å²) in [5.41, 5.74) is 3.19. The molecule has 0 unspecified atom stereocenters. The molecule has 0 aliphatic carbocycles. The first-order valence-corrected chi connectivity index (χ1v) is 7.05. The van der Waals surface area contributed by atoms with E-state index in [1.807, 2.05) is 24.0 Å². The predicted molar refractivity (Wildman–Crippen MR) is 74.9 cm³/mol. The molecule has 1 aromatic carbocycles. The van der Waals surface area contributed by atoms with Crippen molar-refractivity contribution >= 4 is 5.91 Å². The largest absolute Gasteiger partial charge is 0.339 e. The summed E-state index contributed by atoms with van der Waals surface area (Å²) in [6.07, 6.45) is 6.15. The van der Waals surface area contributed by atoms with Gasteiger partial charge in [0, 0.05) is 18.7 Å². The number of amides is 1. The number of likely N-dealkylation sites (tertiary alicyclic amines) is 1. The molecule has 0 spiro atoms. The molecule has 1 aliphatic rings. The van der Waals surface area contributed by atoms with E-state index in [9.17, 15) is 4.79 Å². The van der Waals surface area contributed by atoms with Gasteiger partial charge in [-0.2, -0.15) is 0 Å². The summed E-state index contributed by atoms with van der Waals surface area (Å²) in [4.78, 5) is 14.6. The summed E-state index contributed by atoms with van der Waals surface area (Å²) in [7, 11) is 0. The Morgan fingerprint density at radius 2 is 1.61 bits per heavy atom. The number of aryl methyl sites for hydroxylation is 2. The van der Waals surface area contributed by atoms with Crippen LogP contribution in [0.15, 0.2) is 18.2 Å². The fourth-order valence-corrected chi connectivity index (χ4v) is 2.67. The maximum absolute atomic E-state index is 12.5. The Kier molecular flexibility index (Phi) is 4.40. The summed E-state index contributed by atoms with van der Waals surface area (Å²) < 4.78 is 0. The highest BCUT2D eigenvalue weighted by Gasteiger charge is 2.17. The maximum atomic E-state index is 12.5. The molecule has 1 aliphatic heterocycles. The molecule has 0 saturated carbocycles. The van der Waals surface area contributed by atoms with Gasteiger partial charge < -0.3 is 4.90 Å². The van der Waals surface area contributed by atoms with E-state index in [-0.39, 0.29) is 5.91 Å². The summed E-state index contributed by atoms with van der Waals surface area (Å²) in [5.74, 6) is 0.217. The van der Waals surface area contributed by atoms with Gasteiger partial charge in [0.25, 0.3) is 5.91 Å². The van der Waals surface area contributed by atoms with Crippen molar-refractivity contribution in [1.29, 1.82) is 0 Å². The van der Waals surface area contributed by atoms with Crippen LogP contribution in [0.3, 0.4) is 0 Å². The predicted octanol–water partition coefficient (Wildman–Crippen LogP) is 3.71. The second-order valence-electron chi connectivity index (χ2n) is 5.38. The van der Waals surface area contributed by atoms with Gasteiger partial charge in [-0.05, 0) is 38.3 Å². The van der Waals surface area contributed by atoms with Crippen molar-refractivity contribution in [1.82, 2.24) is 4.90 Å². The number of carbonyl (C=O) groups is 1. The lowest BCUT2D eigenvalue weighted by molar-refractivity contribution is 0.0741. The number of rotatable bonds is 1. The molecule has 1 saturated heterocycles. The third kappa shape index (κ3) is 3.12. The molecular formula is C16H23NO. The van der Waals surface area contributed by atoms with Crippen molar-refractivity contribution in [2.24, 2.45) is 0 Å². The van der Waals surface area contributed by atoms with Crippen molar-refractivity contribution in [3.05, 3.63) is 34.9 Å². The molecule has 2 nitrogen and oxygen atoms in total. The molecule has 2 rings (SSSR count). The van der Waals surface area contributed by atoms with Crippen LogP contribution in [-0.4, -0.2) is 23.9 Å². The number of hydrogen-bond acceptors (Lipinski definition) is 1. The molecule has 0 aromatic heterocycles. The molecule has 1 fully saturated rings. The third-order valence-electron chi connectivity index (χ3n) is 3.76. The SMILES string of the molecule is Cc1ccc(C(=O)N2CCCCCCC2)c(C)c1. The van der Waals surface area contributed by atoms with Crippen LogP contribution >= 0.6 is 0 Å². The monoisotopic (exact) mass is 245 g/mol. The first kappa shape index (κ1) is 13.1. The first-order valence-electron chi connectivity index (χ1n) is 7.05. The molecule has 0 bridgehead atoms. The zero-order valence-corrected chi connectivity index (χ0v) is 11.5. The Balaban J connectivity index is 2.13. The van der Waals surface area contributed by atoms with Crippen LogP contribution in [0.4, 0.5) is 0 Å². The molecule has 0 radical (unpaired) electrons. The minimum absolute atomic E-state index is 0.217. The van der Waals surface area contributed by atoms with E-state index in [1.54, 1.807) is 0 Å². The van der Waals surface area contributed by atoms with Crippen LogP contribution in [0.2, 0.25) is 0 Å². The number of nitrogens with zero attached hydrogens (tertiary/aromatic N) is 1. The van der Waals surface area contributed by atoms with Crippen molar-refractivity contribution in [3.63, 3.8) is 0 Å². The van der Waals surface area contributed by atoms with Crippen LogP contribution in [0.5, 0.6) is 0 Å². The Bertz CT molecular complexity index is 417. The zero-order chi connectivity index (χ0) is 13.0. The van der Waals surface area contributed by atoms with Crippen LogP contribution in [0.1, 0.15) is 53.6 Å². The first-order chi connectivity index (χ1) is 8.68.